The zero-order valence-corrected chi connectivity index (χ0v) is 9.99. The molecular weight excluding hydrogens is 210 g/mol. The molecule has 0 rings (SSSR count). The second-order valence-corrected chi connectivity index (χ2v) is 4.02. The molecule has 0 unspecified atom stereocenters. The summed E-state index contributed by atoms with van der Waals surface area (Å²) in [6.45, 7) is 8.49. The maximum Gasteiger partial charge on any atom is 0.408 e. The van der Waals surface area contributed by atoms with E-state index in [9.17, 15) is 9.59 Å². The molecule has 0 aliphatic heterocycles. The fourth-order valence-electron chi connectivity index (χ4n) is 0.848. The molecule has 0 bridgehead atoms. The smallest absolute Gasteiger partial charge is 0.408 e. The number of nitrogens with one attached hydrogen (secondary N) is 1. The van der Waals surface area contributed by atoms with Gasteiger partial charge in [-0.3, -0.25) is 0 Å². The van der Waals surface area contributed by atoms with Gasteiger partial charge < -0.3 is 14.8 Å². The molecule has 0 aliphatic carbocycles. The summed E-state index contributed by atoms with van der Waals surface area (Å²) in [7, 11) is 1.23. The Hall–Kier alpha value is -1.74. The van der Waals surface area contributed by atoms with Crippen LogP contribution in [0.5, 0.6) is 0 Å². The fraction of sp³-hybridized carbons (Fsp3) is 0.545. The van der Waals surface area contributed by atoms with Crippen LogP contribution in [0.25, 0.3) is 0 Å². The Morgan fingerprint density at radius 2 is 2.00 bits per heavy atom. The Morgan fingerprint density at radius 3 is 2.38 bits per heavy atom. The summed E-state index contributed by atoms with van der Waals surface area (Å²) in [4.78, 5) is 22.6. The van der Waals surface area contributed by atoms with Gasteiger partial charge in [0.2, 0.25) is 0 Å². The molecule has 0 spiro atoms. The Kier molecular flexibility index (Phi) is 5.33. The molecule has 0 aromatic carbocycles. The Labute approximate surface area is 95.1 Å². The zero-order valence-electron chi connectivity index (χ0n) is 9.99. The molecule has 5 heteroatoms. The Bertz CT molecular complexity index is 310. The van der Waals surface area contributed by atoms with Gasteiger partial charge in [-0.25, -0.2) is 9.59 Å². The molecule has 5 nitrogen and oxygen atoms in total. The number of carbonyl (C=O) groups is 2. The van der Waals surface area contributed by atoms with Crippen molar-refractivity contribution >= 4 is 12.1 Å². The van der Waals surface area contributed by atoms with Gasteiger partial charge in [-0.15, -0.1) is 5.73 Å². The van der Waals surface area contributed by atoms with E-state index in [1.54, 1.807) is 20.8 Å². The van der Waals surface area contributed by atoms with E-state index in [2.05, 4.69) is 22.4 Å². The predicted octanol–water partition coefficient (Wildman–Crippen LogP) is 1.39. The SMILES string of the molecule is C=C=C[C@H](NC(=O)OC(C)(C)C)C(=O)OC. The lowest BCUT2D eigenvalue weighted by Gasteiger charge is -2.21. The number of methoxy groups -OCH3 is 1. The maximum absolute atomic E-state index is 11.4. The summed E-state index contributed by atoms with van der Waals surface area (Å²) in [5, 5.41) is 2.33. The van der Waals surface area contributed by atoms with Crippen molar-refractivity contribution in [3.8, 4) is 0 Å². The van der Waals surface area contributed by atoms with Gasteiger partial charge in [-0.1, -0.05) is 6.58 Å². The number of esters is 1. The highest BCUT2D eigenvalue weighted by Crippen LogP contribution is 2.07. The van der Waals surface area contributed by atoms with Crippen molar-refractivity contribution in [3.05, 3.63) is 18.4 Å². The van der Waals surface area contributed by atoms with Crippen molar-refractivity contribution in [2.75, 3.05) is 7.11 Å². The van der Waals surface area contributed by atoms with E-state index in [4.69, 9.17) is 4.74 Å². The van der Waals surface area contributed by atoms with Gasteiger partial charge in [-0.2, -0.15) is 0 Å². The molecule has 0 aliphatic rings. The van der Waals surface area contributed by atoms with Crippen molar-refractivity contribution in [1.29, 1.82) is 0 Å². The first-order valence-corrected chi connectivity index (χ1v) is 4.73. The van der Waals surface area contributed by atoms with Gasteiger partial charge in [0.1, 0.15) is 5.60 Å². The lowest BCUT2D eigenvalue weighted by molar-refractivity contribution is -0.141. The summed E-state index contributed by atoms with van der Waals surface area (Å²) in [5.41, 5.74) is 1.78. The van der Waals surface area contributed by atoms with Crippen LogP contribution in [-0.4, -0.2) is 30.8 Å². The molecule has 16 heavy (non-hydrogen) atoms. The van der Waals surface area contributed by atoms with E-state index in [0.29, 0.717) is 0 Å². The molecule has 0 saturated heterocycles. The van der Waals surface area contributed by atoms with Crippen LogP contribution in [-0.2, 0) is 14.3 Å². The third-order valence-corrected chi connectivity index (χ3v) is 1.41. The molecule has 0 heterocycles. The van der Waals surface area contributed by atoms with E-state index in [1.807, 2.05) is 0 Å². The summed E-state index contributed by atoms with van der Waals surface area (Å²) in [6.07, 6.45) is 0.588. The highest BCUT2D eigenvalue weighted by atomic mass is 16.6. The molecule has 0 aromatic heterocycles. The Balaban J connectivity index is 4.47. The molecule has 90 valence electrons. The summed E-state index contributed by atoms with van der Waals surface area (Å²) in [6, 6.07) is -0.933. The monoisotopic (exact) mass is 227 g/mol. The highest BCUT2D eigenvalue weighted by Gasteiger charge is 2.22. The number of alkyl carbamates (subject to hydrolysis) is 1. The molecule has 1 atom stereocenters. The van der Waals surface area contributed by atoms with Gasteiger partial charge in [0, 0.05) is 0 Å². The van der Waals surface area contributed by atoms with Gasteiger partial charge in [0.25, 0.3) is 0 Å². The third kappa shape index (κ3) is 5.88. The maximum atomic E-state index is 11.4. The molecule has 0 radical (unpaired) electrons. The quantitative estimate of drug-likeness (QED) is 0.584. The molecular formula is C11H17NO4. The largest absolute Gasteiger partial charge is 0.467 e. The number of carbonyl (C=O) groups excluding carboxylic acids is 2. The first kappa shape index (κ1) is 14.3. The van der Waals surface area contributed by atoms with Crippen molar-refractivity contribution in [3.63, 3.8) is 0 Å². The van der Waals surface area contributed by atoms with Gasteiger partial charge in [0.05, 0.1) is 7.11 Å². The van der Waals surface area contributed by atoms with Crippen LogP contribution in [0.1, 0.15) is 20.8 Å². The van der Waals surface area contributed by atoms with Crippen molar-refractivity contribution in [2.24, 2.45) is 0 Å². The lowest BCUT2D eigenvalue weighted by atomic mass is 10.2. The minimum atomic E-state index is -0.933. The summed E-state index contributed by atoms with van der Waals surface area (Å²) >= 11 is 0. The first-order valence-electron chi connectivity index (χ1n) is 4.73. The van der Waals surface area contributed by atoms with Crippen LogP contribution in [0.3, 0.4) is 0 Å². The van der Waals surface area contributed by atoms with Crippen LogP contribution in [0.15, 0.2) is 18.4 Å². The molecule has 0 aromatic rings. The summed E-state index contributed by atoms with van der Waals surface area (Å²) in [5.74, 6) is -0.609. The second-order valence-electron chi connectivity index (χ2n) is 4.02. The number of ether oxygens (including phenoxy) is 2. The number of hydrogen-bond acceptors (Lipinski definition) is 4. The standard InChI is InChI=1S/C11H17NO4/c1-6-7-8(9(13)15-5)12-10(14)16-11(2,3)4/h7-8H,1H2,2-5H3,(H,12,14)/t8-/m0/s1. The van der Waals surface area contributed by atoms with E-state index in [0.717, 1.165) is 0 Å². The number of amides is 1. The second kappa shape index (κ2) is 5.98. The van der Waals surface area contributed by atoms with E-state index >= 15 is 0 Å². The molecule has 0 fully saturated rings. The molecule has 1 amide bonds. The van der Waals surface area contributed by atoms with Crippen LogP contribution in [0, 0.1) is 0 Å². The zero-order chi connectivity index (χ0) is 12.8. The van der Waals surface area contributed by atoms with E-state index in [1.165, 1.54) is 13.2 Å². The van der Waals surface area contributed by atoms with Gasteiger partial charge >= 0.3 is 12.1 Å². The van der Waals surface area contributed by atoms with Crippen LogP contribution in [0.2, 0.25) is 0 Å². The van der Waals surface area contributed by atoms with Gasteiger partial charge in [0.15, 0.2) is 6.04 Å². The predicted molar refractivity (Wildman–Crippen MR) is 58.9 cm³/mol. The van der Waals surface area contributed by atoms with Crippen molar-refractivity contribution in [1.82, 2.24) is 5.32 Å². The fourth-order valence-corrected chi connectivity index (χ4v) is 0.848. The van der Waals surface area contributed by atoms with E-state index < -0.39 is 23.7 Å². The van der Waals surface area contributed by atoms with Crippen LogP contribution in [0.4, 0.5) is 4.79 Å². The van der Waals surface area contributed by atoms with E-state index in [-0.39, 0.29) is 0 Å². The molecule has 1 N–H and O–H groups in total. The van der Waals surface area contributed by atoms with Crippen molar-refractivity contribution < 1.29 is 19.1 Å². The van der Waals surface area contributed by atoms with Crippen LogP contribution >= 0.6 is 0 Å². The third-order valence-electron chi connectivity index (χ3n) is 1.41. The lowest BCUT2D eigenvalue weighted by Crippen LogP contribution is -2.42. The minimum Gasteiger partial charge on any atom is -0.467 e. The molecule has 0 saturated carbocycles. The number of hydrogen-bond donors (Lipinski definition) is 1. The van der Waals surface area contributed by atoms with Gasteiger partial charge in [-0.05, 0) is 26.8 Å². The van der Waals surface area contributed by atoms with Crippen LogP contribution < -0.4 is 5.32 Å². The average molecular weight is 227 g/mol. The highest BCUT2D eigenvalue weighted by molar-refractivity contribution is 5.83. The summed E-state index contributed by atoms with van der Waals surface area (Å²) < 4.78 is 9.47. The average Bonchev–Trinajstić information content (AvgIpc) is 2.13. The minimum absolute atomic E-state index is 0.609. The number of rotatable bonds is 3. The Morgan fingerprint density at radius 1 is 1.44 bits per heavy atom. The topological polar surface area (TPSA) is 64.6 Å². The first-order chi connectivity index (χ1) is 7.30. The van der Waals surface area contributed by atoms with Crippen molar-refractivity contribution in [2.45, 2.75) is 32.4 Å². The normalized spacial score (nSPS) is 12.0.